The zero-order valence-electron chi connectivity index (χ0n) is 17.8. The van der Waals surface area contributed by atoms with Crippen LogP contribution in [0.3, 0.4) is 0 Å². The number of methoxy groups -OCH3 is 2. The zero-order valence-corrected chi connectivity index (χ0v) is 17.8. The standard InChI is InChI=1S/C23H34N2O4/c1-28-20-15-18(23(27)25-13-7-4-8-14-25)19(16-21(20)29-2)24-22(26)12-11-17-9-5-3-6-10-17/h15-17H,3-14H2,1-2H3,(H,24,26). The number of ether oxygens (including phenoxy) is 2. The third-order valence-corrected chi connectivity index (χ3v) is 6.18. The van der Waals surface area contributed by atoms with E-state index in [9.17, 15) is 9.59 Å². The lowest BCUT2D eigenvalue weighted by molar-refractivity contribution is -0.116. The summed E-state index contributed by atoms with van der Waals surface area (Å²) in [6.07, 6.45) is 10.9. The molecule has 1 saturated heterocycles. The number of anilines is 1. The first-order valence-corrected chi connectivity index (χ1v) is 11.0. The summed E-state index contributed by atoms with van der Waals surface area (Å²) in [5.41, 5.74) is 0.974. The predicted molar refractivity (Wildman–Crippen MR) is 114 cm³/mol. The van der Waals surface area contributed by atoms with Gasteiger partial charge in [-0.25, -0.2) is 0 Å². The van der Waals surface area contributed by atoms with Gasteiger partial charge in [-0.2, -0.15) is 0 Å². The summed E-state index contributed by atoms with van der Waals surface area (Å²) in [4.78, 5) is 27.7. The van der Waals surface area contributed by atoms with Crippen LogP contribution in [0.4, 0.5) is 5.69 Å². The van der Waals surface area contributed by atoms with Crippen LogP contribution in [-0.2, 0) is 4.79 Å². The normalized spacial score (nSPS) is 17.7. The van der Waals surface area contributed by atoms with Gasteiger partial charge in [0.25, 0.3) is 5.91 Å². The quantitative estimate of drug-likeness (QED) is 0.722. The van der Waals surface area contributed by atoms with Crippen molar-refractivity contribution in [2.24, 2.45) is 5.92 Å². The summed E-state index contributed by atoms with van der Waals surface area (Å²) >= 11 is 0. The smallest absolute Gasteiger partial charge is 0.256 e. The summed E-state index contributed by atoms with van der Waals surface area (Å²) in [6, 6.07) is 3.39. The molecule has 1 N–H and O–H groups in total. The highest BCUT2D eigenvalue weighted by molar-refractivity contribution is 6.04. The highest BCUT2D eigenvalue weighted by Crippen LogP contribution is 2.35. The van der Waals surface area contributed by atoms with Crippen molar-refractivity contribution in [3.05, 3.63) is 17.7 Å². The molecule has 1 aromatic carbocycles. The fourth-order valence-corrected chi connectivity index (χ4v) is 4.45. The topological polar surface area (TPSA) is 67.9 Å². The van der Waals surface area contributed by atoms with Gasteiger partial charge in [0.1, 0.15) is 0 Å². The van der Waals surface area contributed by atoms with E-state index in [2.05, 4.69) is 5.32 Å². The minimum atomic E-state index is -0.0618. The summed E-state index contributed by atoms with van der Waals surface area (Å²) in [5.74, 6) is 1.54. The van der Waals surface area contributed by atoms with Gasteiger partial charge < -0.3 is 19.7 Å². The van der Waals surface area contributed by atoms with Crippen molar-refractivity contribution < 1.29 is 19.1 Å². The molecule has 1 heterocycles. The number of carbonyl (C=O) groups excluding carboxylic acids is 2. The zero-order chi connectivity index (χ0) is 20.6. The minimum Gasteiger partial charge on any atom is -0.493 e. The van der Waals surface area contributed by atoms with E-state index in [1.54, 1.807) is 26.4 Å². The van der Waals surface area contributed by atoms with Crippen LogP contribution < -0.4 is 14.8 Å². The Labute approximate surface area is 173 Å². The summed E-state index contributed by atoms with van der Waals surface area (Å²) in [6.45, 7) is 1.50. The number of nitrogens with one attached hydrogen (secondary N) is 1. The third-order valence-electron chi connectivity index (χ3n) is 6.18. The van der Waals surface area contributed by atoms with Gasteiger partial charge in [0.05, 0.1) is 25.5 Å². The Balaban J connectivity index is 1.75. The second-order valence-corrected chi connectivity index (χ2v) is 8.20. The number of nitrogens with zero attached hydrogens (tertiary/aromatic N) is 1. The molecule has 0 atom stereocenters. The molecule has 2 aliphatic rings. The number of likely N-dealkylation sites (tertiary alicyclic amines) is 1. The molecule has 1 aliphatic carbocycles. The fraction of sp³-hybridized carbons (Fsp3) is 0.652. The van der Waals surface area contributed by atoms with Crippen molar-refractivity contribution in [1.82, 2.24) is 4.90 Å². The second-order valence-electron chi connectivity index (χ2n) is 8.20. The van der Waals surface area contributed by atoms with E-state index in [0.717, 1.165) is 38.8 Å². The largest absolute Gasteiger partial charge is 0.493 e. The van der Waals surface area contributed by atoms with Crippen LogP contribution >= 0.6 is 0 Å². The maximum Gasteiger partial charge on any atom is 0.256 e. The molecule has 0 bridgehead atoms. The molecule has 6 heteroatoms. The van der Waals surface area contributed by atoms with Crippen LogP contribution in [0.15, 0.2) is 12.1 Å². The van der Waals surface area contributed by atoms with Crippen molar-refractivity contribution in [2.45, 2.75) is 64.2 Å². The van der Waals surface area contributed by atoms with E-state index in [0.29, 0.717) is 35.1 Å². The van der Waals surface area contributed by atoms with Crippen LogP contribution in [0.5, 0.6) is 11.5 Å². The molecular weight excluding hydrogens is 368 g/mol. The molecule has 3 rings (SSSR count). The van der Waals surface area contributed by atoms with Crippen LogP contribution in [0.25, 0.3) is 0 Å². The average molecular weight is 403 g/mol. The Bertz CT molecular complexity index is 707. The second kappa shape index (κ2) is 10.5. The first-order chi connectivity index (χ1) is 14.1. The van der Waals surface area contributed by atoms with Crippen LogP contribution in [0.1, 0.15) is 74.6 Å². The molecule has 6 nitrogen and oxygen atoms in total. The number of hydrogen-bond donors (Lipinski definition) is 1. The van der Waals surface area contributed by atoms with Crippen LogP contribution in [0.2, 0.25) is 0 Å². The lowest BCUT2D eigenvalue weighted by atomic mass is 9.86. The maximum atomic E-state index is 13.2. The lowest BCUT2D eigenvalue weighted by Gasteiger charge is -2.28. The first-order valence-electron chi connectivity index (χ1n) is 11.0. The Morgan fingerprint density at radius 2 is 1.59 bits per heavy atom. The van der Waals surface area contributed by atoms with Gasteiger partial charge in [0, 0.05) is 25.6 Å². The van der Waals surface area contributed by atoms with Gasteiger partial charge in [-0.1, -0.05) is 32.1 Å². The molecule has 0 radical (unpaired) electrons. The van der Waals surface area contributed by atoms with E-state index in [1.165, 1.54) is 32.1 Å². The number of carbonyl (C=O) groups is 2. The average Bonchev–Trinajstić information content (AvgIpc) is 2.78. The Hall–Kier alpha value is -2.24. The lowest BCUT2D eigenvalue weighted by Crippen LogP contribution is -2.36. The molecule has 0 spiro atoms. The summed E-state index contributed by atoms with van der Waals surface area (Å²) < 4.78 is 10.8. The minimum absolute atomic E-state index is 0.0458. The van der Waals surface area contributed by atoms with Gasteiger partial charge in [0.15, 0.2) is 11.5 Å². The van der Waals surface area contributed by atoms with E-state index < -0.39 is 0 Å². The molecule has 29 heavy (non-hydrogen) atoms. The first kappa shape index (κ1) is 21.5. The van der Waals surface area contributed by atoms with E-state index in [4.69, 9.17) is 9.47 Å². The van der Waals surface area contributed by atoms with Crippen molar-refractivity contribution in [1.29, 1.82) is 0 Å². The van der Waals surface area contributed by atoms with Crippen molar-refractivity contribution in [2.75, 3.05) is 32.6 Å². The van der Waals surface area contributed by atoms with E-state index in [1.807, 2.05) is 4.90 Å². The maximum absolute atomic E-state index is 13.2. The molecule has 1 aromatic rings. The Morgan fingerprint density at radius 1 is 0.966 bits per heavy atom. The van der Waals surface area contributed by atoms with Crippen molar-refractivity contribution in [3.63, 3.8) is 0 Å². The molecule has 0 aromatic heterocycles. The third kappa shape index (κ3) is 5.64. The Kier molecular flexibility index (Phi) is 7.78. The van der Waals surface area contributed by atoms with Crippen LogP contribution in [0, 0.1) is 5.92 Å². The van der Waals surface area contributed by atoms with Gasteiger partial charge in [-0.3, -0.25) is 9.59 Å². The predicted octanol–water partition coefficient (Wildman–Crippen LogP) is 4.63. The van der Waals surface area contributed by atoms with E-state index in [-0.39, 0.29) is 11.8 Å². The number of benzene rings is 1. The van der Waals surface area contributed by atoms with Gasteiger partial charge in [0.2, 0.25) is 5.91 Å². The molecule has 2 amide bonds. The highest BCUT2D eigenvalue weighted by Gasteiger charge is 2.24. The fourth-order valence-electron chi connectivity index (χ4n) is 4.45. The molecular formula is C23H34N2O4. The van der Waals surface area contributed by atoms with Gasteiger partial charge in [-0.15, -0.1) is 0 Å². The Morgan fingerprint density at radius 3 is 2.24 bits per heavy atom. The monoisotopic (exact) mass is 402 g/mol. The molecule has 2 fully saturated rings. The van der Waals surface area contributed by atoms with Gasteiger partial charge >= 0.3 is 0 Å². The molecule has 1 aliphatic heterocycles. The van der Waals surface area contributed by atoms with Crippen LogP contribution in [-0.4, -0.2) is 44.0 Å². The number of amides is 2. The van der Waals surface area contributed by atoms with Crippen molar-refractivity contribution >= 4 is 17.5 Å². The van der Waals surface area contributed by atoms with E-state index >= 15 is 0 Å². The molecule has 0 unspecified atom stereocenters. The molecule has 1 saturated carbocycles. The number of piperidine rings is 1. The van der Waals surface area contributed by atoms with Crippen molar-refractivity contribution in [3.8, 4) is 11.5 Å². The number of rotatable bonds is 7. The summed E-state index contributed by atoms with van der Waals surface area (Å²) in [5, 5.41) is 2.97. The SMILES string of the molecule is COc1cc(NC(=O)CCC2CCCCC2)c(C(=O)N2CCCCC2)cc1OC. The summed E-state index contributed by atoms with van der Waals surface area (Å²) in [7, 11) is 3.11. The van der Waals surface area contributed by atoms with Gasteiger partial charge in [-0.05, 0) is 37.7 Å². The molecule has 160 valence electrons. The number of hydrogen-bond acceptors (Lipinski definition) is 4. The highest BCUT2D eigenvalue weighted by atomic mass is 16.5.